The summed E-state index contributed by atoms with van der Waals surface area (Å²) in [4.78, 5) is 25.2. The normalized spacial score (nSPS) is 26.3. The minimum Gasteiger partial charge on any atom is -0.340 e. The predicted octanol–water partition coefficient (Wildman–Crippen LogP) is 0.522. The first kappa shape index (κ1) is 11.0. The van der Waals surface area contributed by atoms with E-state index < -0.39 is 5.54 Å². The number of piperazine rings is 1. The van der Waals surface area contributed by atoms with Gasteiger partial charge in [-0.25, -0.2) is 0 Å². The van der Waals surface area contributed by atoms with E-state index >= 15 is 0 Å². The topological polar surface area (TPSA) is 49.4 Å². The molecule has 1 unspecified atom stereocenters. The van der Waals surface area contributed by atoms with Gasteiger partial charge in [0.1, 0.15) is 11.6 Å². The first-order valence-corrected chi connectivity index (χ1v) is 5.07. The van der Waals surface area contributed by atoms with E-state index in [-0.39, 0.29) is 17.9 Å². The summed E-state index contributed by atoms with van der Waals surface area (Å²) < 4.78 is 0. The molecule has 1 aliphatic rings. The number of rotatable bonds is 2. The van der Waals surface area contributed by atoms with Gasteiger partial charge >= 0.3 is 0 Å². The summed E-state index contributed by atoms with van der Waals surface area (Å²) in [5.41, 5.74) is -0.751. The maximum Gasteiger partial charge on any atom is 0.248 e. The summed E-state index contributed by atoms with van der Waals surface area (Å²) in [6.45, 7) is 7.88. The Kier molecular flexibility index (Phi) is 2.83. The average Bonchev–Trinajstić information content (AvgIpc) is 2.10. The van der Waals surface area contributed by atoms with Crippen molar-refractivity contribution >= 4 is 11.8 Å². The van der Waals surface area contributed by atoms with Crippen LogP contribution in [-0.2, 0) is 9.59 Å². The fourth-order valence-corrected chi connectivity index (χ4v) is 1.86. The van der Waals surface area contributed by atoms with Gasteiger partial charge in [-0.2, -0.15) is 0 Å². The van der Waals surface area contributed by atoms with Crippen molar-refractivity contribution in [2.45, 2.75) is 45.7 Å². The SMILES string of the molecule is CCC1C(=O)NC(C)(C)C(=O)N1CC. The van der Waals surface area contributed by atoms with Crippen LogP contribution >= 0.6 is 0 Å². The van der Waals surface area contributed by atoms with Crippen LogP contribution in [0.4, 0.5) is 0 Å². The molecule has 0 aromatic carbocycles. The fourth-order valence-electron chi connectivity index (χ4n) is 1.86. The molecule has 1 fully saturated rings. The predicted molar refractivity (Wildman–Crippen MR) is 53.7 cm³/mol. The van der Waals surface area contributed by atoms with E-state index in [0.717, 1.165) is 0 Å². The summed E-state index contributed by atoms with van der Waals surface area (Å²) in [7, 11) is 0. The minimum atomic E-state index is -0.751. The average molecular weight is 198 g/mol. The number of hydrogen-bond acceptors (Lipinski definition) is 2. The first-order chi connectivity index (χ1) is 6.44. The van der Waals surface area contributed by atoms with Gasteiger partial charge in [0.25, 0.3) is 0 Å². The van der Waals surface area contributed by atoms with Crippen LogP contribution in [0.1, 0.15) is 34.1 Å². The molecule has 1 N–H and O–H groups in total. The molecule has 0 aliphatic carbocycles. The number of hydrogen-bond donors (Lipinski definition) is 1. The number of likely N-dealkylation sites (N-methyl/N-ethyl adjacent to an activating group) is 1. The molecule has 0 aromatic rings. The van der Waals surface area contributed by atoms with Crippen LogP contribution in [0.3, 0.4) is 0 Å². The van der Waals surface area contributed by atoms with Gasteiger partial charge in [0.05, 0.1) is 0 Å². The molecule has 1 saturated heterocycles. The first-order valence-electron chi connectivity index (χ1n) is 5.07. The monoisotopic (exact) mass is 198 g/mol. The lowest BCUT2D eigenvalue weighted by Gasteiger charge is -2.42. The lowest BCUT2D eigenvalue weighted by Crippen LogP contribution is -2.67. The zero-order chi connectivity index (χ0) is 10.9. The third kappa shape index (κ3) is 1.61. The van der Waals surface area contributed by atoms with Gasteiger partial charge in [0.15, 0.2) is 0 Å². The highest BCUT2D eigenvalue weighted by atomic mass is 16.2. The van der Waals surface area contributed by atoms with Gasteiger partial charge in [-0.05, 0) is 27.2 Å². The Balaban J connectivity index is 2.97. The van der Waals surface area contributed by atoms with Crippen molar-refractivity contribution < 1.29 is 9.59 Å². The summed E-state index contributed by atoms with van der Waals surface area (Å²) in [6, 6.07) is -0.291. The smallest absolute Gasteiger partial charge is 0.248 e. The molecule has 0 saturated carbocycles. The molecule has 1 aliphatic heterocycles. The van der Waals surface area contributed by atoms with E-state index in [1.165, 1.54) is 0 Å². The van der Waals surface area contributed by atoms with Crippen LogP contribution in [0, 0.1) is 0 Å². The standard InChI is InChI=1S/C10H18N2O2/c1-5-7-8(13)11-10(3,4)9(14)12(7)6-2/h7H,5-6H2,1-4H3,(H,11,13). The molecular weight excluding hydrogens is 180 g/mol. The van der Waals surface area contributed by atoms with E-state index in [4.69, 9.17) is 0 Å². The van der Waals surface area contributed by atoms with Gasteiger partial charge in [-0.1, -0.05) is 6.92 Å². The minimum absolute atomic E-state index is 0.00597. The van der Waals surface area contributed by atoms with Gasteiger partial charge in [0.2, 0.25) is 11.8 Å². The maximum atomic E-state index is 11.9. The lowest BCUT2D eigenvalue weighted by atomic mass is 9.96. The van der Waals surface area contributed by atoms with E-state index in [0.29, 0.717) is 13.0 Å². The zero-order valence-corrected chi connectivity index (χ0v) is 9.26. The van der Waals surface area contributed by atoms with Gasteiger partial charge in [-0.3, -0.25) is 9.59 Å². The number of carbonyl (C=O) groups is 2. The van der Waals surface area contributed by atoms with Crippen LogP contribution in [0.2, 0.25) is 0 Å². The molecule has 2 amide bonds. The van der Waals surface area contributed by atoms with Crippen molar-refractivity contribution in [1.82, 2.24) is 10.2 Å². The Labute approximate surface area is 84.7 Å². The number of carbonyl (C=O) groups excluding carboxylic acids is 2. The van der Waals surface area contributed by atoms with E-state index in [9.17, 15) is 9.59 Å². The molecule has 0 aromatic heterocycles. The van der Waals surface area contributed by atoms with Crippen molar-refractivity contribution in [3.05, 3.63) is 0 Å². The van der Waals surface area contributed by atoms with Crippen molar-refractivity contribution in [2.24, 2.45) is 0 Å². The Morgan fingerprint density at radius 1 is 1.36 bits per heavy atom. The summed E-state index contributed by atoms with van der Waals surface area (Å²) in [6.07, 6.45) is 0.668. The Morgan fingerprint density at radius 3 is 2.36 bits per heavy atom. The highest BCUT2D eigenvalue weighted by Gasteiger charge is 2.43. The van der Waals surface area contributed by atoms with Gasteiger partial charge in [-0.15, -0.1) is 0 Å². The molecule has 4 nitrogen and oxygen atoms in total. The molecule has 0 bridgehead atoms. The van der Waals surface area contributed by atoms with Crippen molar-refractivity contribution in [3.8, 4) is 0 Å². The second kappa shape index (κ2) is 3.59. The van der Waals surface area contributed by atoms with Crippen LogP contribution in [-0.4, -0.2) is 34.8 Å². The Bertz CT molecular complexity index is 261. The highest BCUT2D eigenvalue weighted by molar-refractivity contribution is 5.99. The molecule has 1 atom stereocenters. The van der Waals surface area contributed by atoms with Crippen LogP contribution < -0.4 is 5.32 Å². The number of amides is 2. The molecule has 1 rings (SSSR count). The van der Waals surface area contributed by atoms with E-state index in [1.807, 2.05) is 13.8 Å². The van der Waals surface area contributed by atoms with Crippen LogP contribution in [0.5, 0.6) is 0 Å². The van der Waals surface area contributed by atoms with Crippen LogP contribution in [0.15, 0.2) is 0 Å². The quantitative estimate of drug-likeness (QED) is 0.703. The largest absolute Gasteiger partial charge is 0.340 e. The van der Waals surface area contributed by atoms with Crippen molar-refractivity contribution in [2.75, 3.05) is 6.54 Å². The van der Waals surface area contributed by atoms with Gasteiger partial charge in [0, 0.05) is 6.54 Å². The zero-order valence-electron chi connectivity index (χ0n) is 9.26. The summed E-state index contributed by atoms with van der Waals surface area (Å²) in [5, 5.41) is 2.74. The second-order valence-corrected chi connectivity index (χ2v) is 4.13. The third-order valence-corrected chi connectivity index (χ3v) is 2.64. The molecule has 14 heavy (non-hydrogen) atoms. The Morgan fingerprint density at radius 2 is 1.93 bits per heavy atom. The maximum absolute atomic E-state index is 11.9. The van der Waals surface area contributed by atoms with Crippen molar-refractivity contribution in [1.29, 1.82) is 0 Å². The molecule has 80 valence electrons. The number of nitrogens with one attached hydrogen (secondary N) is 1. The highest BCUT2D eigenvalue weighted by Crippen LogP contribution is 2.19. The summed E-state index contributed by atoms with van der Waals surface area (Å²) in [5.74, 6) is -0.0367. The molecule has 4 heteroatoms. The second-order valence-electron chi connectivity index (χ2n) is 4.13. The van der Waals surface area contributed by atoms with Crippen LogP contribution in [0.25, 0.3) is 0 Å². The number of nitrogens with zero attached hydrogens (tertiary/aromatic N) is 1. The van der Waals surface area contributed by atoms with Gasteiger partial charge < -0.3 is 10.2 Å². The molecule has 0 radical (unpaired) electrons. The van der Waals surface area contributed by atoms with E-state index in [1.54, 1.807) is 18.7 Å². The molecule has 0 spiro atoms. The third-order valence-electron chi connectivity index (χ3n) is 2.64. The molecular formula is C10H18N2O2. The summed E-state index contributed by atoms with van der Waals surface area (Å²) >= 11 is 0. The molecule has 1 heterocycles. The van der Waals surface area contributed by atoms with Crippen molar-refractivity contribution in [3.63, 3.8) is 0 Å². The fraction of sp³-hybridized carbons (Fsp3) is 0.800. The Hall–Kier alpha value is -1.06. The van der Waals surface area contributed by atoms with E-state index in [2.05, 4.69) is 5.32 Å². The lowest BCUT2D eigenvalue weighted by molar-refractivity contribution is -0.153.